The average molecular weight is 164 g/mol. The minimum absolute atomic E-state index is 0.127. The van der Waals surface area contributed by atoms with Crippen LogP contribution in [0.15, 0.2) is 0 Å². The molecule has 10 heavy (non-hydrogen) atoms. The van der Waals surface area contributed by atoms with Gasteiger partial charge in [-0.1, -0.05) is 5.92 Å². The summed E-state index contributed by atoms with van der Waals surface area (Å²) in [5.74, 6) is 2.18. The van der Waals surface area contributed by atoms with Crippen LogP contribution in [-0.4, -0.2) is 14.2 Å². The van der Waals surface area contributed by atoms with Gasteiger partial charge in [0.1, 0.15) is 0 Å². The van der Waals surface area contributed by atoms with Gasteiger partial charge in [0.2, 0.25) is 0 Å². The van der Waals surface area contributed by atoms with E-state index in [1.807, 2.05) is 6.11 Å². The Morgan fingerprint density at radius 1 is 1.50 bits per heavy atom. The highest BCUT2D eigenvalue weighted by molar-refractivity contribution is 7.86. The van der Waals surface area contributed by atoms with E-state index < -0.39 is 10.1 Å². The lowest BCUT2D eigenvalue weighted by atomic mass is 10.8. The van der Waals surface area contributed by atoms with Gasteiger partial charge in [0, 0.05) is 6.92 Å². The Hall–Kier alpha value is -0.730. The van der Waals surface area contributed by atoms with Crippen molar-refractivity contribution in [1.82, 2.24) is 0 Å². The van der Waals surface area contributed by atoms with Gasteiger partial charge in [-0.25, -0.2) is 0 Å². The molecule has 0 aromatic carbocycles. The fourth-order valence-electron chi connectivity index (χ4n) is 0.159. The van der Waals surface area contributed by atoms with Crippen molar-refractivity contribution in [3.8, 4) is 12.0 Å². The number of rotatable bonds is 3. The first-order valence-electron chi connectivity index (χ1n) is 2.62. The Balaban J connectivity index is 3.77. The summed E-state index contributed by atoms with van der Waals surface area (Å²) in [5, 5.41) is 0. The van der Waals surface area contributed by atoms with Crippen molar-refractivity contribution >= 4 is 10.1 Å². The van der Waals surface area contributed by atoms with Crippen LogP contribution < -0.4 is 0 Å². The van der Waals surface area contributed by atoms with Crippen LogP contribution in [0.2, 0.25) is 0 Å². The fraction of sp³-hybridized carbons (Fsp3) is 0.600. The number of hydrogen-bond donors (Lipinski definition) is 0. The summed E-state index contributed by atoms with van der Waals surface area (Å²) in [6.07, 6.45) is 1.99. The molecule has 0 unspecified atom stereocenters. The molecule has 0 bridgehead atoms. The van der Waals surface area contributed by atoms with Crippen molar-refractivity contribution in [3.05, 3.63) is 0 Å². The lowest BCUT2D eigenvalue weighted by Crippen LogP contribution is -2.06. The van der Waals surface area contributed by atoms with Crippen molar-refractivity contribution in [2.45, 2.75) is 13.8 Å². The van der Waals surface area contributed by atoms with Crippen LogP contribution in [0, 0.1) is 12.0 Å². The average Bonchev–Trinajstić information content (AvgIpc) is 1.89. The molecule has 0 N–H and O–H groups in total. The molecule has 0 aromatic heterocycles. The molecule has 58 valence electrons. The molecule has 0 fully saturated rings. The normalized spacial score (nSPS) is 9.80. The second kappa shape index (κ2) is 4.14. The van der Waals surface area contributed by atoms with E-state index in [-0.39, 0.29) is 5.75 Å². The van der Waals surface area contributed by atoms with E-state index in [1.165, 1.54) is 13.8 Å². The van der Waals surface area contributed by atoms with Crippen molar-refractivity contribution < 1.29 is 17.6 Å². The van der Waals surface area contributed by atoms with Gasteiger partial charge in [0.15, 0.2) is 6.11 Å². The summed E-state index contributed by atoms with van der Waals surface area (Å²) in [5.41, 5.74) is 0. The largest absolute Gasteiger partial charge is 0.303 e. The third kappa shape index (κ3) is 4.18. The Labute approximate surface area is 60.2 Å². The van der Waals surface area contributed by atoms with Gasteiger partial charge in [-0.2, -0.15) is 8.42 Å². The molecule has 0 aliphatic heterocycles. The molecule has 5 heteroatoms. The predicted octanol–water partition coefficient (Wildman–Crippen LogP) is 0.265. The van der Waals surface area contributed by atoms with Crippen LogP contribution in [0.1, 0.15) is 13.8 Å². The van der Waals surface area contributed by atoms with Gasteiger partial charge in [0.25, 0.3) is 0 Å². The molecule has 0 radical (unpaired) electrons. The van der Waals surface area contributed by atoms with E-state index in [1.54, 1.807) is 0 Å². The Kier molecular flexibility index (Phi) is 3.84. The predicted molar refractivity (Wildman–Crippen MR) is 35.1 cm³/mol. The van der Waals surface area contributed by atoms with Gasteiger partial charge >= 0.3 is 10.1 Å². The van der Waals surface area contributed by atoms with Crippen molar-refractivity contribution in [2.24, 2.45) is 0 Å². The molecular weight excluding hydrogens is 156 g/mol. The molecule has 0 saturated heterocycles. The smallest absolute Gasteiger partial charge is 0.265 e. The van der Waals surface area contributed by atoms with Crippen LogP contribution in [-0.2, 0) is 19.3 Å². The van der Waals surface area contributed by atoms with Gasteiger partial charge < -0.3 is 0 Å². The summed E-state index contributed by atoms with van der Waals surface area (Å²) in [7, 11) is -3.52. The zero-order valence-electron chi connectivity index (χ0n) is 5.75. The van der Waals surface area contributed by atoms with Crippen LogP contribution in [0.4, 0.5) is 0 Å². The summed E-state index contributed by atoms with van der Waals surface area (Å²) in [6, 6.07) is 0. The summed E-state index contributed by atoms with van der Waals surface area (Å²) >= 11 is 0. The van der Waals surface area contributed by atoms with Crippen molar-refractivity contribution in [2.75, 3.05) is 5.75 Å². The van der Waals surface area contributed by atoms with E-state index in [0.717, 1.165) is 0 Å². The first-order chi connectivity index (χ1) is 4.62. The van der Waals surface area contributed by atoms with Gasteiger partial charge in [-0.15, -0.1) is 0 Å². The highest BCUT2D eigenvalue weighted by atomic mass is 32.2. The Morgan fingerprint density at radius 3 is 2.50 bits per heavy atom. The minimum atomic E-state index is -3.52. The minimum Gasteiger partial charge on any atom is -0.265 e. The van der Waals surface area contributed by atoms with Crippen LogP contribution in [0.25, 0.3) is 0 Å². The monoisotopic (exact) mass is 164 g/mol. The summed E-state index contributed by atoms with van der Waals surface area (Å²) in [6.45, 7) is 2.94. The third-order valence-corrected chi connectivity index (χ3v) is 1.62. The highest BCUT2D eigenvalue weighted by Gasteiger charge is 2.06. The second-order valence-corrected chi connectivity index (χ2v) is 3.18. The fourth-order valence-corrected chi connectivity index (χ4v) is 0.393. The van der Waals surface area contributed by atoms with E-state index in [2.05, 4.69) is 15.1 Å². The Morgan fingerprint density at radius 2 is 2.10 bits per heavy atom. The molecule has 0 spiro atoms. The molecule has 4 nitrogen and oxygen atoms in total. The summed E-state index contributed by atoms with van der Waals surface area (Å²) < 4.78 is 24.8. The third-order valence-electron chi connectivity index (χ3n) is 0.635. The second-order valence-electron chi connectivity index (χ2n) is 1.35. The van der Waals surface area contributed by atoms with Gasteiger partial charge in [0.05, 0.1) is 5.75 Å². The maximum atomic E-state index is 10.5. The summed E-state index contributed by atoms with van der Waals surface area (Å²) in [4.78, 5) is 3.99. The molecule has 0 aromatic rings. The molecule has 0 saturated carbocycles. The maximum absolute atomic E-state index is 10.5. The first kappa shape index (κ1) is 9.27. The topological polar surface area (TPSA) is 52.6 Å². The molecule has 0 heterocycles. The lowest BCUT2D eigenvalue weighted by Gasteiger charge is -1.94. The van der Waals surface area contributed by atoms with E-state index in [4.69, 9.17) is 0 Å². The SMILES string of the molecule is CC#COOS(=O)(=O)CC. The van der Waals surface area contributed by atoms with Crippen LogP contribution >= 0.6 is 0 Å². The van der Waals surface area contributed by atoms with E-state index in [0.29, 0.717) is 0 Å². The molecule has 0 aliphatic rings. The van der Waals surface area contributed by atoms with E-state index >= 15 is 0 Å². The Bertz CT molecular complexity index is 230. The van der Waals surface area contributed by atoms with Crippen LogP contribution in [0.3, 0.4) is 0 Å². The lowest BCUT2D eigenvalue weighted by molar-refractivity contribution is -0.126. The van der Waals surface area contributed by atoms with Crippen LogP contribution in [0.5, 0.6) is 0 Å². The molecular formula is C5H8O4S. The first-order valence-corrected chi connectivity index (χ1v) is 4.19. The van der Waals surface area contributed by atoms with Crippen molar-refractivity contribution in [3.63, 3.8) is 0 Å². The highest BCUT2D eigenvalue weighted by Crippen LogP contribution is 1.91. The van der Waals surface area contributed by atoms with Gasteiger partial charge in [-0.3, -0.25) is 4.89 Å². The zero-order valence-corrected chi connectivity index (χ0v) is 6.56. The van der Waals surface area contributed by atoms with E-state index in [9.17, 15) is 8.42 Å². The zero-order chi connectivity index (χ0) is 8.04. The quantitative estimate of drug-likeness (QED) is 0.341. The molecule has 0 aliphatic carbocycles. The molecule has 0 rings (SSSR count). The van der Waals surface area contributed by atoms with Gasteiger partial charge in [-0.05, 0) is 11.3 Å². The molecule has 0 atom stereocenters. The standard InChI is InChI=1S/C5H8O4S/c1-3-5-8-9-10(6,7)4-2/h4H2,1-2H3. The molecule has 0 amide bonds. The van der Waals surface area contributed by atoms with Crippen molar-refractivity contribution in [1.29, 1.82) is 0 Å². The maximum Gasteiger partial charge on any atom is 0.303 e. The number of hydrogen-bond acceptors (Lipinski definition) is 4.